The molecule has 0 aliphatic heterocycles. The van der Waals surface area contributed by atoms with Crippen LogP contribution in [0.5, 0.6) is 0 Å². The van der Waals surface area contributed by atoms with E-state index in [0.717, 1.165) is 28.7 Å². The van der Waals surface area contributed by atoms with E-state index < -0.39 is 0 Å². The number of benzene rings is 2. The summed E-state index contributed by atoms with van der Waals surface area (Å²) in [4.78, 5) is 4.45. The molecule has 0 spiro atoms. The molecular weight excluding hydrogens is 306 g/mol. The van der Waals surface area contributed by atoms with Gasteiger partial charge in [0, 0.05) is 0 Å². The largest absolute Gasteiger partial charge is 0.230 e. The molecule has 1 aromatic heterocycles. The van der Waals surface area contributed by atoms with Crippen LogP contribution >= 0.6 is 11.3 Å². The van der Waals surface area contributed by atoms with E-state index >= 15 is 0 Å². The van der Waals surface area contributed by atoms with Crippen LogP contribution in [0.4, 0.5) is 10.8 Å². The Labute approximate surface area is 138 Å². The molecule has 0 radical (unpaired) electrons. The third-order valence-electron chi connectivity index (χ3n) is 3.17. The van der Waals surface area contributed by atoms with Crippen LogP contribution in [-0.2, 0) is 0 Å². The number of rotatable bonds is 6. The fourth-order valence-corrected chi connectivity index (χ4v) is 2.84. The van der Waals surface area contributed by atoms with Gasteiger partial charge in [0.2, 0.25) is 5.13 Å². The molecule has 0 aliphatic carbocycles. The number of aromatic nitrogens is 1. The van der Waals surface area contributed by atoms with E-state index in [1.165, 1.54) is 11.3 Å². The van der Waals surface area contributed by atoms with Crippen LogP contribution in [0.2, 0.25) is 0 Å². The number of thiazole rings is 1. The molecule has 3 aromatic rings. The molecule has 116 valence electrons. The summed E-state index contributed by atoms with van der Waals surface area (Å²) in [5.74, 6) is 0. The molecule has 0 aliphatic rings. The molecule has 23 heavy (non-hydrogen) atoms. The number of hydrogen-bond donors (Lipinski definition) is 0. The molecule has 0 saturated carbocycles. The predicted molar refractivity (Wildman–Crippen MR) is 93.8 cm³/mol. The molecule has 3 rings (SSSR count). The van der Waals surface area contributed by atoms with Crippen LogP contribution in [0, 0.1) is 0 Å². The normalized spacial score (nSPS) is 13.3. The Kier molecular flexibility index (Phi) is 5.16. The van der Waals surface area contributed by atoms with Gasteiger partial charge in [-0.2, -0.15) is 15.3 Å². The summed E-state index contributed by atoms with van der Waals surface area (Å²) < 4.78 is 1.11. The Balaban J connectivity index is 1.74. The summed E-state index contributed by atoms with van der Waals surface area (Å²) >= 11 is 1.53. The topological polar surface area (TPSA) is 62.3 Å². The lowest BCUT2D eigenvalue weighted by molar-refractivity contribution is 0.583. The molecule has 2 aromatic carbocycles. The Morgan fingerprint density at radius 1 is 0.957 bits per heavy atom. The quantitative estimate of drug-likeness (QED) is 0.492. The molecule has 0 amide bonds. The highest BCUT2D eigenvalue weighted by molar-refractivity contribution is 7.21. The predicted octanol–water partition coefficient (Wildman–Crippen LogP) is 6.29. The van der Waals surface area contributed by atoms with Gasteiger partial charge >= 0.3 is 0 Å². The SMILES string of the molecule is CCCC(N=Nc1ccccc1)N=Nc1nc2ccccc2s1. The van der Waals surface area contributed by atoms with Crippen LogP contribution in [-0.4, -0.2) is 11.1 Å². The van der Waals surface area contributed by atoms with Crippen LogP contribution in [0.25, 0.3) is 10.2 Å². The minimum Gasteiger partial charge on any atom is -0.217 e. The first-order valence-electron chi connectivity index (χ1n) is 7.57. The van der Waals surface area contributed by atoms with Crippen molar-refractivity contribution >= 4 is 32.4 Å². The number of fused-ring (bicyclic) bond motifs is 1. The van der Waals surface area contributed by atoms with E-state index in [0.29, 0.717) is 5.13 Å². The summed E-state index contributed by atoms with van der Waals surface area (Å²) in [6, 6.07) is 17.6. The van der Waals surface area contributed by atoms with Crippen LogP contribution in [0.3, 0.4) is 0 Å². The van der Waals surface area contributed by atoms with Gasteiger partial charge in [0.1, 0.15) is 0 Å². The van der Waals surface area contributed by atoms with E-state index in [4.69, 9.17) is 0 Å². The van der Waals surface area contributed by atoms with Gasteiger partial charge in [0.15, 0.2) is 6.17 Å². The maximum atomic E-state index is 4.45. The Morgan fingerprint density at radius 2 is 1.70 bits per heavy atom. The summed E-state index contributed by atoms with van der Waals surface area (Å²) in [5, 5.41) is 17.7. The highest BCUT2D eigenvalue weighted by Crippen LogP contribution is 2.28. The number of para-hydroxylation sites is 1. The lowest BCUT2D eigenvalue weighted by Gasteiger charge is -2.01. The van der Waals surface area contributed by atoms with Crippen molar-refractivity contribution in [1.82, 2.24) is 4.98 Å². The van der Waals surface area contributed by atoms with E-state index in [1.54, 1.807) is 0 Å². The second-order valence-corrected chi connectivity index (χ2v) is 6.01. The second kappa shape index (κ2) is 7.69. The molecule has 1 atom stereocenters. The average molecular weight is 323 g/mol. The summed E-state index contributed by atoms with van der Waals surface area (Å²) in [7, 11) is 0. The molecule has 0 saturated heterocycles. The van der Waals surface area contributed by atoms with Crippen molar-refractivity contribution in [3.05, 3.63) is 54.6 Å². The monoisotopic (exact) mass is 323 g/mol. The van der Waals surface area contributed by atoms with E-state index in [9.17, 15) is 0 Å². The highest BCUT2D eigenvalue weighted by Gasteiger charge is 2.06. The van der Waals surface area contributed by atoms with Gasteiger partial charge in [-0.25, -0.2) is 4.98 Å². The Morgan fingerprint density at radius 3 is 2.48 bits per heavy atom. The van der Waals surface area contributed by atoms with Crippen LogP contribution < -0.4 is 0 Å². The molecule has 6 heteroatoms. The Bertz CT molecular complexity index is 777. The molecule has 0 N–H and O–H groups in total. The van der Waals surface area contributed by atoms with Crippen LogP contribution in [0.1, 0.15) is 19.8 Å². The van der Waals surface area contributed by atoms with Crippen LogP contribution in [0.15, 0.2) is 75.1 Å². The van der Waals surface area contributed by atoms with Gasteiger partial charge in [-0.3, -0.25) is 0 Å². The lowest BCUT2D eigenvalue weighted by Crippen LogP contribution is -1.97. The molecule has 0 bridgehead atoms. The molecule has 1 unspecified atom stereocenters. The molecule has 1 heterocycles. The summed E-state index contributed by atoms with van der Waals surface area (Å²) in [6.07, 6.45) is 1.51. The third kappa shape index (κ3) is 4.26. The number of azo groups is 2. The van der Waals surface area contributed by atoms with E-state index in [2.05, 4.69) is 32.4 Å². The molecule has 0 fully saturated rings. The minimum atomic E-state index is -0.271. The fourth-order valence-electron chi connectivity index (χ4n) is 2.04. The third-order valence-corrected chi connectivity index (χ3v) is 4.09. The van der Waals surface area contributed by atoms with Gasteiger partial charge in [0.05, 0.1) is 15.9 Å². The zero-order chi connectivity index (χ0) is 15.9. The van der Waals surface area contributed by atoms with Gasteiger partial charge in [-0.05, 0) is 30.7 Å². The fraction of sp³-hybridized carbons (Fsp3) is 0.235. The molecular formula is C17H17N5S. The lowest BCUT2D eigenvalue weighted by atomic mass is 10.3. The van der Waals surface area contributed by atoms with Crippen molar-refractivity contribution in [2.24, 2.45) is 20.5 Å². The summed E-state index contributed by atoms with van der Waals surface area (Å²) in [6.45, 7) is 2.10. The molecule has 5 nitrogen and oxygen atoms in total. The first kappa shape index (κ1) is 15.4. The van der Waals surface area contributed by atoms with Crippen molar-refractivity contribution in [2.45, 2.75) is 25.9 Å². The maximum absolute atomic E-state index is 4.45. The first-order chi connectivity index (χ1) is 11.3. The maximum Gasteiger partial charge on any atom is 0.230 e. The average Bonchev–Trinajstić information content (AvgIpc) is 3.01. The second-order valence-electron chi connectivity index (χ2n) is 5.00. The van der Waals surface area contributed by atoms with Crippen molar-refractivity contribution in [2.75, 3.05) is 0 Å². The van der Waals surface area contributed by atoms with E-state index in [-0.39, 0.29) is 6.17 Å². The number of nitrogens with zero attached hydrogens (tertiary/aromatic N) is 5. The zero-order valence-electron chi connectivity index (χ0n) is 12.8. The zero-order valence-corrected chi connectivity index (χ0v) is 13.6. The van der Waals surface area contributed by atoms with Crippen molar-refractivity contribution in [3.63, 3.8) is 0 Å². The van der Waals surface area contributed by atoms with Crippen molar-refractivity contribution in [3.8, 4) is 0 Å². The van der Waals surface area contributed by atoms with Gasteiger partial charge in [-0.15, -0.1) is 5.11 Å². The van der Waals surface area contributed by atoms with Crippen molar-refractivity contribution < 1.29 is 0 Å². The van der Waals surface area contributed by atoms with Gasteiger partial charge in [-0.1, -0.05) is 55.0 Å². The smallest absolute Gasteiger partial charge is 0.217 e. The standard InChI is InChI=1S/C17H17N5S/c1-2-8-16(20-19-13-9-4-3-5-10-13)21-22-17-18-14-11-6-7-12-15(14)23-17/h3-7,9-12,16H,2,8H2,1H3. The first-order valence-corrected chi connectivity index (χ1v) is 8.39. The van der Waals surface area contributed by atoms with Gasteiger partial charge in [0.25, 0.3) is 0 Å². The number of hydrogen-bond acceptors (Lipinski definition) is 6. The Hall–Kier alpha value is -2.47. The van der Waals surface area contributed by atoms with E-state index in [1.807, 2.05) is 54.6 Å². The minimum absolute atomic E-state index is 0.271. The van der Waals surface area contributed by atoms with Crippen molar-refractivity contribution in [1.29, 1.82) is 0 Å². The highest BCUT2D eigenvalue weighted by atomic mass is 32.1. The van der Waals surface area contributed by atoms with Gasteiger partial charge < -0.3 is 0 Å². The summed E-state index contributed by atoms with van der Waals surface area (Å²) in [5.41, 5.74) is 1.77.